The summed E-state index contributed by atoms with van der Waals surface area (Å²) in [6.07, 6.45) is 1.59. The molecule has 1 saturated heterocycles. The molecule has 0 aromatic heterocycles. The lowest BCUT2D eigenvalue weighted by Crippen LogP contribution is -2.37. The van der Waals surface area contributed by atoms with Crippen LogP contribution in [0.1, 0.15) is 18.9 Å². The van der Waals surface area contributed by atoms with Crippen LogP contribution in [-0.2, 0) is 9.59 Å². The van der Waals surface area contributed by atoms with Gasteiger partial charge >= 0.3 is 0 Å². The summed E-state index contributed by atoms with van der Waals surface area (Å²) in [5.74, 6) is -0.884. The molecule has 2 rings (SSSR count). The van der Waals surface area contributed by atoms with Gasteiger partial charge in [0.25, 0.3) is 5.91 Å². The minimum atomic E-state index is -0.412. The third-order valence-corrected chi connectivity index (χ3v) is 5.10. The van der Waals surface area contributed by atoms with Gasteiger partial charge < -0.3 is 10.0 Å². The van der Waals surface area contributed by atoms with Crippen LogP contribution < -0.4 is 0 Å². The Labute approximate surface area is 155 Å². The molecule has 0 saturated carbocycles. The average Bonchev–Trinajstić information content (AvgIpc) is 2.86. The molecule has 0 aliphatic carbocycles. The summed E-state index contributed by atoms with van der Waals surface area (Å²) in [5, 5.41) is 8.96. The number of hydrogen-bond acceptors (Lipinski definition) is 5. The Morgan fingerprint density at radius 1 is 1.44 bits per heavy atom. The molecule has 1 aromatic carbocycles. The van der Waals surface area contributed by atoms with E-state index in [9.17, 15) is 14.0 Å². The number of amides is 2. The first-order chi connectivity index (χ1) is 12.0. The average molecular weight is 382 g/mol. The van der Waals surface area contributed by atoms with E-state index in [0.29, 0.717) is 21.3 Å². The predicted molar refractivity (Wildman–Crippen MR) is 100 cm³/mol. The van der Waals surface area contributed by atoms with Crippen LogP contribution in [0.3, 0.4) is 0 Å². The van der Waals surface area contributed by atoms with Crippen molar-refractivity contribution < 1.29 is 19.1 Å². The van der Waals surface area contributed by atoms with Crippen LogP contribution in [0.5, 0.6) is 0 Å². The van der Waals surface area contributed by atoms with E-state index in [0.717, 1.165) is 11.8 Å². The Morgan fingerprint density at radius 2 is 2.16 bits per heavy atom. The second-order valence-electron chi connectivity index (χ2n) is 5.30. The molecule has 0 atom stereocenters. The van der Waals surface area contributed by atoms with Crippen molar-refractivity contribution in [2.75, 3.05) is 26.2 Å². The highest BCUT2D eigenvalue weighted by Crippen LogP contribution is 2.33. The minimum Gasteiger partial charge on any atom is -0.395 e. The number of rotatable bonds is 7. The van der Waals surface area contributed by atoms with Crippen molar-refractivity contribution in [3.8, 4) is 0 Å². The van der Waals surface area contributed by atoms with Crippen LogP contribution in [0.2, 0.25) is 0 Å². The number of aliphatic hydroxyl groups excluding tert-OH is 1. The molecule has 0 spiro atoms. The molecule has 8 heteroatoms. The largest absolute Gasteiger partial charge is 0.395 e. The molecular weight excluding hydrogens is 363 g/mol. The highest BCUT2D eigenvalue weighted by molar-refractivity contribution is 8.26. The van der Waals surface area contributed by atoms with Crippen LogP contribution in [0.15, 0.2) is 29.2 Å². The lowest BCUT2D eigenvalue weighted by Gasteiger charge is -2.21. The molecular formula is C17H19FN2O3S2. The van der Waals surface area contributed by atoms with Crippen LogP contribution in [0.4, 0.5) is 4.39 Å². The van der Waals surface area contributed by atoms with Gasteiger partial charge in [0, 0.05) is 31.6 Å². The van der Waals surface area contributed by atoms with Crippen molar-refractivity contribution in [2.24, 2.45) is 0 Å². The monoisotopic (exact) mass is 382 g/mol. The molecule has 25 heavy (non-hydrogen) atoms. The van der Waals surface area contributed by atoms with Gasteiger partial charge in [-0.25, -0.2) is 4.39 Å². The molecule has 134 valence electrons. The van der Waals surface area contributed by atoms with E-state index in [-0.39, 0.29) is 37.9 Å². The van der Waals surface area contributed by atoms with Crippen molar-refractivity contribution in [3.63, 3.8) is 0 Å². The lowest BCUT2D eigenvalue weighted by atomic mass is 10.2. The molecule has 1 aromatic rings. The zero-order valence-electron chi connectivity index (χ0n) is 13.8. The fourth-order valence-corrected chi connectivity index (χ4v) is 3.67. The number of benzene rings is 1. The molecule has 1 aliphatic rings. The summed E-state index contributed by atoms with van der Waals surface area (Å²) in [4.78, 5) is 27.8. The number of thioether (sulfide) groups is 1. The quantitative estimate of drug-likeness (QED) is 0.579. The summed E-state index contributed by atoms with van der Waals surface area (Å²) in [6.45, 7) is 2.64. The zero-order valence-corrected chi connectivity index (χ0v) is 15.4. The van der Waals surface area contributed by atoms with Gasteiger partial charge in [0.1, 0.15) is 10.1 Å². The van der Waals surface area contributed by atoms with Crippen molar-refractivity contribution in [1.82, 2.24) is 9.80 Å². The molecule has 0 bridgehead atoms. The molecule has 2 amide bonds. The van der Waals surface area contributed by atoms with Gasteiger partial charge in [0.2, 0.25) is 5.91 Å². The van der Waals surface area contributed by atoms with Gasteiger partial charge in [-0.15, -0.1) is 0 Å². The topological polar surface area (TPSA) is 60.9 Å². The van der Waals surface area contributed by atoms with Gasteiger partial charge in [0.05, 0.1) is 11.5 Å². The number of hydrogen-bond donors (Lipinski definition) is 1. The van der Waals surface area contributed by atoms with E-state index >= 15 is 0 Å². The van der Waals surface area contributed by atoms with E-state index in [1.54, 1.807) is 18.2 Å². The number of carbonyl (C=O) groups excluding carboxylic acids is 2. The first-order valence-corrected chi connectivity index (χ1v) is 9.09. The zero-order chi connectivity index (χ0) is 18.4. The maximum absolute atomic E-state index is 13.7. The van der Waals surface area contributed by atoms with Gasteiger partial charge in [-0.2, -0.15) is 0 Å². The summed E-state index contributed by atoms with van der Waals surface area (Å²) in [7, 11) is 0. The Kier molecular flexibility index (Phi) is 7.10. The number of thiocarbonyl (C=S) groups is 1. The summed E-state index contributed by atoms with van der Waals surface area (Å²) in [6, 6.07) is 6.18. The molecule has 1 aliphatic heterocycles. The molecule has 1 N–H and O–H groups in total. The first kappa shape index (κ1) is 19.6. The fraction of sp³-hybridized carbons (Fsp3) is 0.353. The number of likely N-dealkylation sites (N-methyl/N-ethyl adjacent to an activating group) is 1. The van der Waals surface area contributed by atoms with Gasteiger partial charge in [0.15, 0.2) is 0 Å². The third-order valence-electron chi connectivity index (χ3n) is 3.72. The highest BCUT2D eigenvalue weighted by atomic mass is 32.2. The Bertz CT molecular complexity index is 709. The van der Waals surface area contributed by atoms with E-state index in [4.69, 9.17) is 17.3 Å². The van der Waals surface area contributed by atoms with Gasteiger partial charge in [-0.3, -0.25) is 14.5 Å². The molecule has 0 unspecified atom stereocenters. The Hall–Kier alpha value is -1.77. The van der Waals surface area contributed by atoms with E-state index in [1.807, 2.05) is 6.92 Å². The summed E-state index contributed by atoms with van der Waals surface area (Å²) >= 11 is 6.31. The predicted octanol–water partition coefficient (Wildman–Crippen LogP) is 2.26. The molecule has 1 heterocycles. The maximum Gasteiger partial charge on any atom is 0.266 e. The number of carbonyl (C=O) groups is 2. The maximum atomic E-state index is 13.7. The standard InChI is InChI=1S/C17H19FN2O3S2/c1-2-19(9-10-21)15(22)7-8-20-16(23)14(25-17(20)24)11-12-5-3-4-6-13(12)18/h3-6,11,21H,2,7-10H2,1H3/b14-11+. The van der Waals surface area contributed by atoms with E-state index in [1.165, 1.54) is 21.9 Å². The van der Waals surface area contributed by atoms with E-state index in [2.05, 4.69) is 0 Å². The van der Waals surface area contributed by atoms with Crippen LogP contribution in [0, 0.1) is 5.82 Å². The fourth-order valence-electron chi connectivity index (χ4n) is 2.37. The third kappa shape index (κ3) is 4.87. The Balaban J connectivity index is 2.04. The number of nitrogens with zero attached hydrogens (tertiary/aromatic N) is 2. The number of halogens is 1. The van der Waals surface area contributed by atoms with Crippen molar-refractivity contribution in [2.45, 2.75) is 13.3 Å². The molecule has 1 fully saturated rings. The second-order valence-corrected chi connectivity index (χ2v) is 6.98. The molecule has 0 radical (unpaired) electrons. The summed E-state index contributed by atoms with van der Waals surface area (Å²) in [5.41, 5.74) is 0.319. The van der Waals surface area contributed by atoms with Crippen LogP contribution in [-0.4, -0.2) is 57.3 Å². The van der Waals surface area contributed by atoms with Crippen molar-refractivity contribution >= 4 is 46.2 Å². The van der Waals surface area contributed by atoms with Crippen molar-refractivity contribution in [3.05, 3.63) is 40.6 Å². The molecule has 5 nitrogen and oxygen atoms in total. The summed E-state index contributed by atoms with van der Waals surface area (Å²) < 4.78 is 14.1. The first-order valence-electron chi connectivity index (χ1n) is 7.86. The van der Waals surface area contributed by atoms with Gasteiger partial charge in [-0.05, 0) is 19.1 Å². The van der Waals surface area contributed by atoms with Crippen LogP contribution >= 0.6 is 24.0 Å². The smallest absolute Gasteiger partial charge is 0.266 e. The van der Waals surface area contributed by atoms with E-state index < -0.39 is 5.82 Å². The Morgan fingerprint density at radius 3 is 2.80 bits per heavy atom. The SMILES string of the molecule is CCN(CCO)C(=O)CCN1C(=O)/C(=C\c2ccccc2F)SC1=S. The van der Waals surface area contributed by atoms with Gasteiger partial charge in [-0.1, -0.05) is 42.2 Å². The second kappa shape index (κ2) is 9.07. The minimum absolute atomic E-state index is 0.105. The van der Waals surface area contributed by atoms with Crippen molar-refractivity contribution in [1.29, 1.82) is 0 Å². The van der Waals surface area contributed by atoms with Crippen LogP contribution in [0.25, 0.3) is 6.08 Å². The lowest BCUT2D eigenvalue weighted by molar-refractivity contribution is -0.132. The highest BCUT2D eigenvalue weighted by Gasteiger charge is 2.32. The number of aliphatic hydroxyl groups is 1. The normalized spacial score (nSPS) is 16.0.